The molecule has 0 rings (SSSR count). The van der Waals surface area contributed by atoms with Crippen LogP contribution in [0, 0.1) is 0 Å². The van der Waals surface area contributed by atoms with Crippen LogP contribution in [-0.4, -0.2) is 13.4 Å². The Morgan fingerprint density at radius 2 is 1.00 bits per heavy atom. The van der Waals surface area contributed by atoms with Crippen LogP contribution in [0.1, 0.15) is 0 Å². The van der Waals surface area contributed by atoms with Crippen molar-refractivity contribution in [2.75, 3.05) is 0 Å². The SMILES string of the molecule is NC(N)=O.[Na+].[Na+].[Na+].[O-]B([O-])[O-]. The molecule has 0 saturated heterocycles. The number of primary amides is 2. The Morgan fingerprint density at radius 1 is 1.00 bits per heavy atom. The summed E-state index contributed by atoms with van der Waals surface area (Å²) in [5.41, 5.74) is 8.50. The molecule has 0 saturated carbocycles. The maximum atomic E-state index is 9.00. The Balaban J connectivity index is -0.0000000171. The van der Waals surface area contributed by atoms with Gasteiger partial charge >= 0.3 is 94.7 Å². The van der Waals surface area contributed by atoms with Crippen molar-refractivity contribution >= 4 is 13.4 Å². The van der Waals surface area contributed by atoms with Crippen molar-refractivity contribution < 1.29 is 109 Å². The smallest absolute Gasteiger partial charge is 0.907 e. The second kappa shape index (κ2) is 22.8. The first-order valence-corrected chi connectivity index (χ1v) is 1.49. The van der Waals surface area contributed by atoms with E-state index >= 15 is 0 Å². The zero-order valence-corrected chi connectivity index (χ0v) is 12.9. The topological polar surface area (TPSA) is 138 Å². The molecule has 0 aliphatic rings. The third-order valence-electron chi connectivity index (χ3n) is 0. The molecule has 0 aliphatic heterocycles. The van der Waals surface area contributed by atoms with Crippen molar-refractivity contribution in [2.24, 2.45) is 11.5 Å². The largest absolute Gasteiger partial charge is 1.00 e. The number of urea groups is 1. The maximum Gasteiger partial charge on any atom is 1.00 e. The molecule has 0 aliphatic carbocycles. The summed E-state index contributed by atoms with van der Waals surface area (Å²) in [4.78, 5) is 9.00. The number of carbonyl (C=O) groups excluding carboxylic acids is 1. The Bertz CT molecular complexity index is 67.6. The van der Waals surface area contributed by atoms with E-state index in [2.05, 4.69) is 11.5 Å². The minimum Gasteiger partial charge on any atom is -0.907 e. The zero-order chi connectivity index (χ0) is 7.15. The summed E-state index contributed by atoms with van der Waals surface area (Å²) < 4.78 is 0. The zero-order valence-electron chi connectivity index (χ0n) is 6.87. The first kappa shape index (κ1) is 29.2. The Morgan fingerprint density at radius 3 is 1.00 bits per heavy atom. The Labute approximate surface area is 131 Å². The average molecular weight is 188 g/mol. The summed E-state index contributed by atoms with van der Waals surface area (Å²) in [5.74, 6) is 0. The molecule has 0 aromatic heterocycles. The third-order valence-corrected chi connectivity index (χ3v) is 0. The van der Waals surface area contributed by atoms with E-state index in [1.54, 1.807) is 0 Å². The van der Waals surface area contributed by atoms with Gasteiger partial charge in [0.1, 0.15) is 0 Å². The van der Waals surface area contributed by atoms with Crippen LogP contribution in [0.5, 0.6) is 0 Å². The van der Waals surface area contributed by atoms with Crippen molar-refractivity contribution in [2.45, 2.75) is 0 Å². The number of hydrogen-bond donors (Lipinski definition) is 2. The van der Waals surface area contributed by atoms with Gasteiger partial charge in [-0.25, -0.2) is 4.79 Å². The molecule has 48 valence electrons. The second-order valence-electron chi connectivity index (χ2n) is 0.691. The molecule has 0 radical (unpaired) electrons. The molecular formula is CH4BN2Na3O4. The fourth-order valence-corrected chi connectivity index (χ4v) is 0. The normalized spacial score (nSPS) is 4.64. The van der Waals surface area contributed by atoms with Crippen LogP contribution in [0.3, 0.4) is 0 Å². The quantitative estimate of drug-likeness (QED) is 0.364. The summed E-state index contributed by atoms with van der Waals surface area (Å²) in [7, 11) is -2.92. The molecule has 11 heavy (non-hydrogen) atoms. The first-order valence-electron chi connectivity index (χ1n) is 1.49. The van der Waals surface area contributed by atoms with Crippen LogP contribution < -0.4 is 115 Å². The van der Waals surface area contributed by atoms with Crippen molar-refractivity contribution in [3.8, 4) is 0 Å². The summed E-state index contributed by atoms with van der Waals surface area (Å²) in [6.07, 6.45) is 0. The van der Waals surface area contributed by atoms with Crippen molar-refractivity contribution in [3.63, 3.8) is 0 Å². The molecule has 0 fully saturated rings. The van der Waals surface area contributed by atoms with Crippen molar-refractivity contribution in [3.05, 3.63) is 0 Å². The van der Waals surface area contributed by atoms with Crippen LogP contribution >= 0.6 is 0 Å². The van der Waals surface area contributed by atoms with E-state index < -0.39 is 13.4 Å². The summed E-state index contributed by atoms with van der Waals surface area (Å²) >= 11 is 0. The summed E-state index contributed by atoms with van der Waals surface area (Å²) in [5, 5.41) is 25.2. The van der Waals surface area contributed by atoms with Gasteiger partial charge < -0.3 is 26.5 Å². The van der Waals surface area contributed by atoms with Crippen LogP contribution in [0.4, 0.5) is 4.79 Å². The van der Waals surface area contributed by atoms with E-state index in [1.807, 2.05) is 0 Å². The predicted octanol–water partition coefficient (Wildman–Crippen LogP) is -13.9. The molecule has 0 heterocycles. The van der Waals surface area contributed by atoms with Crippen LogP contribution in [-0.2, 0) is 0 Å². The summed E-state index contributed by atoms with van der Waals surface area (Å²) in [6, 6.07) is -0.833. The van der Waals surface area contributed by atoms with E-state index in [9.17, 15) is 0 Å². The molecule has 0 spiro atoms. The van der Waals surface area contributed by atoms with Crippen molar-refractivity contribution in [1.29, 1.82) is 0 Å². The van der Waals surface area contributed by atoms with Gasteiger partial charge in [-0.05, 0) is 0 Å². The van der Waals surface area contributed by atoms with E-state index in [1.165, 1.54) is 0 Å². The van der Waals surface area contributed by atoms with Crippen molar-refractivity contribution in [1.82, 2.24) is 0 Å². The molecule has 0 aromatic carbocycles. The maximum absolute atomic E-state index is 9.00. The minimum absolute atomic E-state index is 0. The van der Waals surface area contributed by atoms with Crippen LogP contribution in [0.25, 0.3) is 0 Å². The number of carbonyl (C=O) groups is 1. The molecular weight excluding hydrogens is 184 g/mol. The van der Waals surface area contributed by atoms with Gasteiger partial charge in [0.05, 0.1) is 0 Å². The van der Waals surface area contributed by atoms with Gasteiger partial charge in [-0.3, -0.25) is 7.32 Å². The van der Waals surface area contributed by atoms with Crippen LogP contribution in [0.15, 0.2) is 0 Å². The molecule has 6 nitrogen and oxygen atoms in total. The van der Waals surface area contributed by atoms with Gasteiger partial charge in [0.15, 0.2) is 0 Å². The number of rotatable bonds is 0. The Hall–Kier alpha value is 2.21. The molecule has 0 atom stereocenters. The third kappa shape index (κ3) is 260. The fourth-order valence-electron chi connectivity index (χ4n) is 0. The average Bonchev–Trinajstić information content (AvgIpc) is 1.25. The van der Waals surface area contributed by atoms with E-state index in [-0.39, 0.29) is 88.7 Å². The van der Waals surface area contributed by atoms with Gasteiger partial charge in [-0.1, -0.05) is 0 Å². The fraction of sp³-hybridized carbons (Fsp3) is 0. The first-order chi connectivity index (χ1) is 3.46. The standard InChI is InChI=1S/CH4N2O.BO3.3Na/c2*2-1(3)4;;;/h(H4,2,3,4);;;;/q;-3;3*+1. The second-order valence-corrected chi connectivity index (χ2v) is 0.691. The molecule has 10 heteroatoms. The Kier molecular flexibility index (Phi) is 60.5. The van der Waals surface area contributed by atoms with Gasteiger partial charge in [0, 0.05) is 0 Å². The minimum atomic E-state index is -2.92. The van der Waals surface area contributed by atoms with E-state index in [0.717, 1.165) is 0 Å². The molecule has 2 amide bonds. The summed E-state index contributed by atoms with van der Waals surface area (Å²) in [6.45, 7) is 0. The number of amides is 2. The molecule has 0 bridgehead atoms. The van der Waals surface area contributed by atoms with E-state index in [4.69, 9.17) is 19.9 Å². The predicted molar refractivity (Wildman–Crippen MR) is 19.5 cm³/mol. The number of nitrogens with two attached hydrogens (primary N) is 2. The molecule has 0 unspecified atom stereocenters. The van der Waals surface area contributed by atoms with Gasteiger partial charge in [0.25, 0.3) is 0 Å². The van der Waals surface area contributed by atoms with Crippen LogP contribution in [0.2, 0.25) is 0 Å². The van der Waals surface area contributed by atoms with Gasteiger partial charge in [0.2, 0.25) is 0 Å². The molecule has 4 N–H and O–H groups in total. The van der Waals surface area contributed by atoms with Gasteiger partial charge in [-0.2, -0.15) is 0 Å². The van der Waals surface area contributed by atoms with E-state index in [0.29, 0.717) is 0 Å². The molecule has 0 aromatic rings. The monoisotopic (exact) mass is 188 g/mol. The number of hydrogen-bond acceptors (Lipinski definition) is 4. The van der Waals surface area contributed by atoms with Gasteiger partial charge in [-0.15, -0.1) is 0 Å².